The molecule has 0 unspecified atom stereocenters. The molecular formula is C22H23N3O2. The Kier molecular flexibility index (Phi) is 5.19. The molecule has 4 rings (SSSR count). The molecule has 1 amide bonds. The standard InChI is InChI=1S/C22H23N3O2/c26-21(15-18-16-27-22(23-18)17-9-3-1-4-10-17)24-19-11-5-6-12-20(19)25-13-7-2-8-14-25/h1,3-6,9-12,16H,2,7-8,13-15H2,(H,24,26). The molecule has 0 radical (unpaired) electrons. The van der Waals surface area contributed by atoms with Crippen molar-refractivity contribution in [2.45, 2.75) is 25.7 Å². The molecule has 1 saturated heterocycles. The monoisotopic (exact) mass is 361 g/mol. The van der Waals surface area contributed by atoms with Gasteiger partial charge in [-0.05, 0) is 43.5 Å². The highest BCUT2D eigenvalue weighted by Gasteiger charge is 2.16. The van der Waals surface area contributed by atoms with Gasteiger partial charge in [0.05, 0.1) is 23.5 Å². The summed E-state index contributed by atoms with van der Waals surface area (Å²) in [6.45, 7) is 2.08. The number of aromatic nitrogens is 1. The number of anilines is 2. The summed E-state index contributed by atoms with van der Waals surface area (Å²) in [5.74, 6) is 0.444. The molecule has 0 atom stereocenters. The smallest absolute Gasteiger partial charge is 0.230 e. The van der Waals surface area contributed by atoms with Gasteiger partial charge in [0.1, 0.15) is 6.26 Å². The van der Waals surface area contributed by atoms with Gasteiger partial charge in [-0.1, -0.05) is 30.3 Å². The summed E-state index contributed by atoms with van der Waals surface area (Å²) in [5, 5.41) is 3.04. The van der Waals surface area contributed by atoms with Crippen molar-refractivity contribution in [1.29, 1.82) is 0 Å². The van der Waals surface area contributed by atoms with E-state index in [1.54, 1.807) is 6.26 Å². The molecule has 1 aliphatic heterocycles. The molecule has 0 bridgehead atoms. The molecule has 5 nitrogen and oxygen atoms in total. The number of amides is 1. The average molecular weight is 361 g/mol. The molecule has 1 N–H and O–H groups in total. The first-order chi connectivity index (χ1) is 13.3. The topological polar surface area (TPSA) is 58.4 Å². The Morgan fingerprint density at radius 2 is 1.74 bits per heavy atom. The fourth-order valence-corrected chi connectivity index (χ4v) is 3.45. The normalized spacial score (nSPS) is 14.1. The number of piperidine rings is 1. The zero-order valence-corrected chi connectivity index (χ0v) is 15.2. The van der Waals surface area contributed by atoms with Crippen molar-refractivity contribution in [3.63, 3.8) is 0 Å². The molecule has 0 aliphatic carbocycles. The second-order valence-electron chi connectivity index (χ2n) is 6.80. The summed E-state index contributed by atoms with van der Waals surface area (Å²) in [6.07, 6.45) is 5.41. The van der Waals surface area contributed by atoms with E-state index >= 15 is 0 Å². The molecular weight excluding hydrogens is 338 g/mol. The van der Waals surface area contributed by atoms with Crippen molar-refractivity contribution in [1.82, 2.24) is 4.98 Å². The van der Waals surface area contributed by atoms with Crippen molar-refractivity contribution in [3.8, 4) is 11.5 Å². The van der Waals surface area contributed by atoms with Crippen molar-refractivity contribution in [2.24, 2.45) is 0 Å². The lowest BCUT2D eigenvalue weighted by atomic mass is 10.1. The number of hydrogen-bond acceptors (Lipinski definition) is 4. The highest BCUT2D eigenvalue weighted by Crippen LogP contribution is 2.28. The Hall–Kier alpha value is -3.08. The number of nitrogens with zero attached hydrogens (tertiary/aromatic N) is 2. The summed E-state index contributed by atoms with van der Waals surface area (Å²) < 4.78 is 5.52. The minimum atomic E-state index is -0.0904. The average Bonchev–Trinajstić information content (AvgIpc) is 3.18. The van der Waals surface area contributed by atoms with Crippen LogP contribution in [-0.2, 0) is 11.2 Å². The van der Waals surface area contributed by atoms with E-state index in [1.165, 1.54) is 19.3 Å². The number of nitrogens with one attached hydrogen (secondary N) is 1. The van der Waals surface area contributed by atoms with Crippen molar-refractivity contribution in [2.75, 3.05) is 23.3 Å². The largest absolute Gasteiger partial charge is 0.444 e. The van der Waals surface area contributed by atoms with Crippen LogP contribution >= 0.6 is 0 Å². The van der Waals surface area contributed by atoms with Crippen LogP contribution in [0.25, 0.3) is 11.5 Å². The highest BCUT2D eigenvalue weighted by molar-refractivity contribution is 5.95. The second-order valence-corrected chi connectivity index (χ2v) is 6.80. The molecule has 1 aromatic heterocycles. The maximum atomic E-state index is 12.6. The third kappa shape index (κ3) is 4.19. The van der Waals surface area contributed by atoms with Crippen LogP contribution < -0.4 is 10.2 Å². The minimum Gasteiger partial charge on any atom is -0.444 e. The van der Waals surface area contributed by atoms with Crippen molar-refractivity contribution < 1.29 is 9.21 Å². The molecule has 0 spiro atoms. The second kappa shape index (κ2) is 8.08. The van der Waals surface area contributed by atoms with E-state index in [1.807, 2.05) is 48.5 Å². The molecule has 2 aromatic carbocycles. The predicted octanol–water partition coefficient (Wildman–Crippen LogP) is 4.51. The first-order valence-electron chi connectivity index (χ1n) is 9.43. The van der Waals surface area contributed by atoms with Crippen LogP contribution in [0.1, 0.15) is 25.0 Å². The first kappa shape index (κ1) is 17.3. The molecule has 2 heterocycles. The third-order valence-electron chi connectivity index (χ3n) is 4.79. The lowest BCUT2D eigenvalue weighted by molar-refractivity contribution is -0.115. The Bertz CT molecular complexity index is 899. The van der Waals surface area contributed by atoms with E-state index in [0.29, 0.717) is 11.6 Å². The first-order valence-corrected chi connectivity index (χ1v) is 9.43. The van der Waals surface area contributed by atoms with Crippen molar-refractivity contribution in [3.05, 3.63) is 66.6 Å². The summed E-state index contributed by atoms with van der Waals surface area (Å²) in [5.41, 5.74) is 3.48. The zero-order chi connectivity index (χ0) is 18.5. The molecule has 0 saturated carbocycles. The molecule has 1 fully saturated rings. The molecule has 27 heavy (non-hydrogen) atoms. The number of carbonyl (C=O) groups is 1. The fraction of sp³-hybridized carbons (Fsp3) is 0.273. The van der Waals surface area contributed by atoms with Crippen LogP contribution in [-0.4, -0.2) is 24.0 Å². The maximum Gasteiger partial charge on any atom is 0.230 e. The van der Waals surface area contributed by atoms with Crippen LogP contribution in [0.3, 0.4) is 0 Å². The van der Waals surface area contributed by atoms with Crippen LogP contribution in [0.15, 0.2) is 65.3 Å². The van der Waals surface area contributed by atoms with Gasteiger partial charge in [-0.25, -0.2) is 4.98 Å². The Balaban J connectivity index is 1.44. The van der Waals surface area contributed by atoms with Crippen LogP contribution in [0, 0.1) is 0 Å². The molecule has 138 valence electrons. The Morgan fingerprint density at radius 1 is 1.00 bits per heavy atom. The van der Waals surface area contributed by atoms with Crippen LogP contribution in [0.2, 0.25) is 0 Å². The van der Waals surface area contributed by atoms with Crippen LogP contribution in [0.5, 0.6) is 0 Å². The lowest BCUT2D eigenvalue weighted by Crippen LogP contribution is -2.30. The van der Waals surface area contributed by atoms with Gasteiger partial charge in [0.25, 0.3) is 0 Å². The summed E-state index contributed by atoms with van der Waals surface area (Å²) in [4.78, 5) is 19.3. The maximum absolute atomic E-state index is 12.6. The van der Waals surface area contributed by atoms with Gasteiger partial charge in [0, 0.05) is 18.7 Å². The third-order valence-corrected chi connectivity index (χ3v) is 4.79. The van der Waals surface area contributed by atoms with E-state index in [0.717, 1.165) is 30.0 Å². The van der Waals surface area contributed by atoms with Gasteiger partial charge >= 0.3 is 0 Å². The van der Waals surface area contributed by atoms with Gasteiger partial charge in [0.15, 0.2) is 0 Å². The van der Waals surface area contributed by atoms with Gasteiger partial charge in [-0.2, -0.15) is 0 Å². The quantitative estimate of drug-likeness (QED) is 0.726. The lowest BCUT2D eigenvalue weighted by Gasteiger charge is -2.30. The van der Waals surface area contributed by atoms with Gasteiger partial charge in [-0.15, -0.1) is 0 Å². The van der Waals surface area contributed by atoms with Crippen molar-refractivity contribution >= 4 is 17.3 Å². The zero-order valence-electron chi connectivity index (χ0n) is 15.2. The number of oxazole rings is 1. The van der Waals surface area contributed by atoms with E-state index in [9.17, 15) is 4.79 Å². The fourth-order valence-electron chi connectivity index (χ4n) is 3.45. The Morgan fingerprint density at radius 3 is 2.56 bits per heavy atom. The Labute approximate surface area is 159 Å². The van der Waals surface area contributed by atoms with Gasteiger partial charge in [0.2, 0.25) is 11.8 Å². The predicted molar refractivity (Wildman–Crippen MR) is 107 cm³/mol. The van der Waals surface area contributed by atoms with Gasteiger partial charge in [-0.3, -0.25) is 4.79 Å². The van der Waals surface area contributed by atoms with E-state index in [-0.39, 0.29) is 12.3 Å². The number of carbonyl (C=O) groups excluding carboxylic acids is 1. The number of para-hydroxylation sites is 2. The highest BCUT2D eigenvalue weighted by atomic mass is 16.3. The number of hydrogen-bond donors (Lipinski definition) is 1. The number of rotatable bonds is 5. The van der Waals surface area contributed by atoms with Crippen LogP contribution in [0.4, 0.5) is 11.4 Å². The van der Waals surface area contributed by atoms with Gasteiger partial charge < -0.3 is 14.6 Å². The number of benzene rings is 2. The summed E-state index contributed by atoms with van der Waals surface area (Å²) >= 11 is 0. The molecule has 3 aromatic rings. The van der Waals surface area contributed by atoms with E-state index in [4.69, 9.17) is 4.42 Å². The molecule has 5 heteroatoms. The summed E-state index contributed by atoms with van der Waals surface area (Å²) in [7, 11) is 0. The summed E-state index contributed by atoms with van der Waals surface area (Å²) in [6, 6.07) is 17.7. The SMILES string of the molecule is O=C(Cc1coc(-c2ccccc2)n1)Nc1ccccc1N1CCCCC1. The van der Waals surface area contributed by atoms with E-state index < -0.39 is 0 Å². The van der Waals surface area contributed by atoms with E-state index in [2.05, 4.69) is 21.3 Å². The molecule has 1 aliphatic rings. The minimum absolute atomic E-state index is 0.0904.